The summed E-state index contributed by atoms with van der Waals surface area (Å²) in [6.07, 6.45) is 0.159. The number of halogens is 3. The number of amides is 1. The molecule has 5 rings (SSSR count). The molecule has 2 heterocycles. The van der Waals surface area contributed by atoms with Gasteiger partial charge in [0.05, 0.1) is 29.4 Å². The normalized spacial score (nSPS) is 20.6. The number of aliphatic hydroxyl groups is 1. The van der Waals surface area contributed by atoms with E-state index < -0.39 is 17.8 Å². The first kappa shape index (κ1) is 22.6. The lowest BCUT2D eigenvalue weighted by molar-refractivity contribution is -0.137. The molecule has 0 saturated heterocycles. The fourth-order valence-electron chi connectivity index (χ4n) is 4.46. The summed E-state index contributed by atoms with van der Waals surface area (Å²) in [5, 5.41) is 12.7. The Labute approximate surface area is 193 Å². The highest BCUT2D eigenvalue weighted by Crippen LogP contribution is 2.40. The third-order valence-corrected chi connectivity index (χ3v) is 6.47. The van der Waals surface area contributed by atoms with E-state index in [0.717, 1.165) is 25.0 Å². The van der Waals surface area contributed by atoms with E-state index in [-0.39, 0.29) is 23.2 Å². The molecule has 10 heteroatoms. The molecular weight excluding hydrogens is 449 g/mol. The molecule has 0 spiro atoms. The lowest BCUT2D eigenvalue weighted by Crippen LogP contribution is -2.33. The fourth-order valence-corrected chi connectivity index (χ4v) is 4.46. The van der Waals surface area contributed by atoms with Gasteiger partial charge in [0.25, 0.3) is 5.91 Å². The summed E-state index contributed by atoms with van der Waals surface area (Å²) in [6.45, 7) is 2.14. The van der Waals surface area contributed by atoms with Gasteiger partial charge in [-0.2, -0.15) is 13.2 Å². The van der Waals surface area contributed by atoms with Crippen molar-refractivity contribution >= 4 is 16.9 Å². The molecule has 1 amide bonds. The second-order valence-electron chi connectivity index (χ2n) is 9.17. The molecular formula is C24H25F3N4O3. The highest BCUT2D eigenvalue weighted by molar-refractivity contribution is 6.09. The Hall–Kier alpha value is -3.14. The maximum atomic E-state index is 13.5. The first-order valence-electron chi connectivity index (χ1n) is 11.4. The van der Waals surface area contributed by atoms with Crippen molar-refractivity contribution < 1.29 is 27.8 Å². The molecule has 2 fully saturated rings. The topological polar surface area (TPSA) is 100 Å². The van der Waals surface area contributed by atoms with Crippen LogP contribution in [0.2, 0.25) is 0 Å². The van der Waals surface area contributed by atoms with Crippen molar-refractivity contribution in [1.29, 1.82) is 0 Å². The van der Waals surface area contributed by atoms with Crippen LogP contribution in [0.15, 0.2) is 24.5 Å². The Kier molecular flexibility index (Phi) is 5.71. The standard InChI is InChI=1S/C24H25F3N4O3/c1-12-19(23(33)31-15-5-6-16(32)9-15)21-22(30-12)20(28-11-29-21)17-8-14(24(25,26)27)4-7-18(17)34-10-13-2-3-13/h4,7-8,11,13,15-16,30,32H,2-3,5-6,9-10H2,1H3,(H,31,33)/t15-,16-/m0/s1. The van der Waals surface area contributed by atoms with E-state index >= 15 is 0 Å². The monoisotopic (exact) mass is 474 g/mol. The number of aromatic nitrogens is 3. The predicted molar refractivity (Wildman–Crippen MR) is 118 cm³/mol. The minimum absolute atomic E-state index is 0.140. The van der Waals surface area contributed by atoms with Crippen LogP contribution in [0.3, 0.4) is 0 Å². The van der Waals surface area contributed by atoms with Gasteiger partial charge in [-0.3, -0.25) is 4.79 Å². The average Bonchev–Trinajstić information content (AvgIpc) is 3.43. The maximum absolute atomic E-state index is 13.5. The molecule has 2 saturated carbocycles. The van der Waals surface area contributed by atoms with E-state index in [1.165, 1.54) is 12.4 Å². The van der Waals surface area contributed by atoms with Crippen LogP contribution in [0, 0.1) is 12.8 Å². The molecule has 0 aliphatic heterocycles. The molecule has 2 aliphatic rings. The van der Waals surface area contributed by atoms with Crippen molar-refractivity contribution in [2.24, 2.45) is 5.92 Å². The van der Waals surface area contributed by atoms with Gasteiger partial charge in [0.1, 0.15) is 23.3 Å². The zero-order valence-corrected chi connectivity index (χ0v) is 18.6. The molecule has 180 valence electrons. The number of rotatable bonds is 6. The zero-order chi connectivity index (χ0) is 24.0. The maximum Gasteiger partial charge on any atom is 0.416 e. The van der Waals surface area contributed by atoms with Crippen LogP contribution >= 0.6 is 0 Å². The lowest BCUT2D eigenvalue weighted by Gasteiger charge is -2.15. The van der Waals surface area contributed by atoms with E-state index in [4.69, 9.17) is 4.74 Å². The molecule has 1 aromatic carbocycles. The van der Waals surface area contributed by atoms with Gasteiger partial charge < -0.3 is 20.1 Å². The zero-order valence-electron chi connectivity index (χ0n) is 18.6. The van der Waals surface area contributed by atoms with Gasteiger partial charge in [-0.1, -0.05) is 0 Å². The van der Waals surface area contributed by atoms with Gasteiger partial charge >= 0.3 is 6.18 Å². The number of aliphatic hydroxyl groups excluding tert-OH is 1. The van der Waals surface area contributed by atoms with E-state index in [1.807, 2.05) is 0 Å². The number of carbonyl (C=O) groups excluding carboxylic acids is 1. The minimum Gasteiger partial charge on any atom is -0.493 e. The van der Waals surface area contributed by atoms with Crippen LogP contribution in [0.5, 0.6) is 5.75 Å². The fraction of sp³-hybridized carbons (Fsp3) is 0.458. The van der Waals surface area contributed by atoms with Gasteiger partial charge in [-0.25, -0.2) is 9.97 Å². The van der Waals surface area contributed by atoms with Crippen molar-refractivity contribution in [3.8, 4) is 17.0 Å². The second kappa shape index (κ2) is 8.57. The largest absolute Gasteiger partial charge is 0.493 e. The molecule has 0 bridgehead atoms. The van der Waals surface area contributed by atoms with Crippen LogP contribution in [0.4, 0.5) is 13.2 Å². The Bertz CT molecular complexity index is 1240. The number of carbonyl (C=O) groups is 1. The van der Waals surface area contributed by atoms with Crippen LogP contribution < -0.4 is 10.1 Å². The molecule has 3 N–H and O–H groups in total. The van der Waals surface area contributed by atoms with E-state index in [1.54, 1.807) is 6.92 Å². The molecule has 0 unspecified atom stereocenters. The number of alkyl halides is 3. The van der Waals surface area contributed by atoms with Crippen molar-refractivity contribution in [1.82, 2.24) is 20.3 Å². The summed E-state index contributed by atoms with van der Waals surface area (Å²) in [7, 11) is 0. The third kappa shape index (κ3) is 4.46. The second-order valence-corrected chi connectivity index (χ2v) is 9.17. The Morgan fingerprint density at radius 2 is 2.03 bits per heavy atom. The van der Waals surface area contributed by atoms with Crippen molar-refractivity contribution in [2.75, 3.05) is 6.61 Å². The van der Waals surface area contributed by atoms with E-state index in [2.05, 4.69) is 20.3 Å². The first-order valence-corrected chi connectivity index (χ1v) is 11.4. The highest BCUT2D eigenvalue weighted by Gasteiger charge is 2.33. The van der Waals surface area contributed by atoms with Gasteiger partial charge in [-0.15, -0.1) is 0 Å². The number of benzene rings is 1. The van der Waals surface area contributed by atoms with Crippen LogP contribution in [0.1, 0.15) is 53.7 Å². The summed E-state index contributed by atoms with van der Waals surface area (Å²) in [5.74, 6) is 0.373. The molecule has 2 aromatic heterocycles. The summed E-state index contributed by atoms with van der Waals surface area (Å²) < 4.78 is 46.4. The van der Waals surface area contributed by atoms with Crippen LogP contribution in [-0.4, -0.2) is 44.7 Å². The predicted octanol–water partition coefficient (Wildman–Crippen LogP) is 4.38. The summed E-state index contributed by atoms with van der Waals surface area (Å²) >= 11 is 0. The van der Waals surface area contributed by atoms with Crippen LogP contribution in [-0.2, 0) is 6.18 Å². The van der Waals surface area contributed by atoms with Crippen LogP contribution in [0.25, 0.3) is 22.3 Å². The lowest BCUT2D eigenvalue weighted by atomic mass is 10.0. The number of nitrogens with one attached hydrogen (secondary N) is 2. The van der Waals surface area contributed by atoms with Gasteiger partial charge in [0.2, 0.25) is 0 Å². The van der Waals surface area contributed by atoms with Crippen molar-refractivity contribution in [3.63, 3.8) is 0 Å². The first-order chi connectivity index (χ1) is 16.2. The van der Waals surface area contributed by atoms with Crippen molar-refractivity contribution in [3.05, 3.63) is 41.3 Å². The highest BCUT2D eigenvalue weighted by atomic mass is 19.4. The number of nitrogens with zero attached hydrogens (tertiary/aromatic N) is 2. The number of aryl methyl sites for hydroxylation is 1. The summed E-state index contributed by atoms with van der Waals surface area (Å²) in [4.78, 5) is 24.7. The number of fused-ring (bicyclic) bond motifs is 1. The van der Waals surface area contributed by atoms with Gasteiger partial charge in [0, 0.05) is 17.3 Å². The quantitative estimate of drug-likeness (QED) is 0.492. The average molecular weight is 474 g/mol. The Balaban J connectivity index is 1.56. The Morgan fingerprint density at radius 1 is 1.24 bits per heavy atom. The van der Waals surface area contributed by atoms with Gasteiger partial charge in [-0.05, 0) is 63.1 Å². The third-order valence-electron chi connectivity index (χ3n) is 6.47. The number of ether oxygens (including phenoxy) is 1. The molecule has 2 aliphatic carbocycles. The molecule has 34 heavy (non-hydrogen) atoms. The van der Waals surface area contributed by atoms with Gasteiger partial charge in [0.15, 0.2) is 0 Å². The summed E-state index contributed by atoms with van der Waals surface area (Å²) in [6, 6.07) is 3.21. The number of hydrogen-bond acceptors (Lipinski definition) is 5. The number of H-pyrrole nitrogens is 1. The summed E-state index contributed by atoms with van der Waals surface area (Å²) in [5.41, 5.74) is 1.15. The SMILES string of the molecule is Cc1[nH]c2c(-c3cc(C(F)(F)F)ccc3OCC3CC3)ncnc2c1C(=O)N[C@H]1CC[C@H](O)C1. The molecule has 2 atom stereocenters. The smallest absolute Gasteiger partial charge is 0.416 e. The number of hydrogen-bond donors (Lipinski definition) is 3. The van der Waals surface area contributed by atoms with Crippen molar-refractivity contribution in [2.45, 2.75) is 57.3 Å². The van der Waals surface area contributed by atoms with E-state index in [9.17, 15) is 23.1 Å². The molecule has 0 radical (unpaired) electrons. The van der Waals surface area contributed by atoms with E-state index in [0.29, 0.717) is 59.8 Å². The minimum atomic E-state index is -4.53. The Morgan fingerprint density at radius 3 is 2.71 bits per heavy atom. The molecule has 3 aromatic rings. The number of aromatic amines is 1. The molecule has 7 nitrogen and oxygen atoms in total.